The molecule has 0 aliphatic rings. The first-order valence-corrected chi connectivity index (χ1v) is 16.7. The van der Waals surface area contributed by atoms with Crippen LogP contribution in [0.25, 0.3) is 45.2 Å². The van der Waals surface area contributed by atoms with E-state index in [1.807, 2.05) is 6.20 Å². The van der Waals surface area contributed by atoms with Crippen LogP contribution in [0, 0.1) is 0 Å². The lowest BCUT2D eigenvalue weighted by Crippen LogP contribution is -2.27. The molecule has 2 radical (unpaired) electrons. The summed E-state index contributed by atoms with van der Waals surface area (Å²) in [6.45, 7) is 9.07. The van der Waals surface area contributed by atoms with Gasteiger partial charge in [-0.25, -0.2) is 9.97 Å². The van der Waals surface area contributed by atoms with E-state index in [0.29, 0.717) is 21.4 Å². The maximum Gasteiger partial charge on any atom is 0.145 e. The third-order valence-corrected chi connectivity index (χ3v) is 9.53. The lowest BCUT2D eigenvalue weighted by atomic mass is 9.92. The van der Waals surface area contributed by atoms with Crippen molar-refractivity contribution in [2.24, 2.45) is 0 Å². The zero-order valence-corrected chi connectivity index (χ0v) is 27.1. The number of benzene rings is 5. The molecule has 0 aliphatic carbocycles. The Labute approximate surface area is 267 Å². The SMILES string of the molecule is CC(C)c1cccc(C(C)C)c1-n1ccnc1-c1cccc([Si]c2cccc(-c3nc4ccccc4n3-c3ccccc3)c2)c1. The molecule has 2 aromatic heterocycles. The molecule has 0 unspecified atom stereocenters. The van der Waals surface area contributed by atoms with Gasteiger partial charge >= 0.3 is 0 Å². The summed E-state index contributed by atoms with van der Waals surface area (Å²) in [5, 5.41) is 2.55. The van der Waals surface area contributed by atoms with Crippen molar-refractivity contribution in [3.05, 3.63) is 145 Å². The van der Waals surface area contributed by atoms with Gasteiger partial charge in [0.25, 0.3) is 0 Å². The number of hydrogen-bond donors (Lipinski definition) is 0. The number of fused-ring (bicyclic) bond motifs is 1. The summed E-state index contributed by atoms with van der Waals surface area (Å²) >= 11 is 0. The molecule has 2 heterocycles. The zero-order valence-electron chi connectivity index (χ0n) is 26.1. The summed E-state index contributed by atoms with van der Waals surface area (Å²) in [5.74, 6) is 2.74. The minimum atomic E-state index is 0.407. The summed E-state index contributed by atoms with van der Waals surface area (Å²) in [6, 6.07) is 43.2. The van der Waals surface area contributed by atoms with Gasteiger partial charge in [0.1, 0.15) is 21.2 Å². The van der Waals surface area contributed by atoms with Crippen molar-refractivity contribution in [2.75, 3.05) is 0 Å². The highest BCUT2D eigenvalue weighted by atomic mass is 28.2. The van der Waals surface area contributed by atoms with E-state index in [9.17, 15) is 0 Å². The van der Waals surface area contributed by atoms with E-state index < -0.39 is 0 Å². The van der Waals surface area contributed by atoms with Crippen molar-refractivity contribution < 1.29 is 0 Å². The quantitative estimate of drug-likeness (QED) is 0.164. The summed E-state index contributed by atoms with van der Waals surface area (Å²) in [4.78, 5) is 9.97. The van der Waals surface area contributed by atoms with Gasteiger partial charge in [0.2, 0.25) is 0 Å². The van der Waals surface area contributed by atoms with Crippen molar-refractivity contribution in [1.29, 1.82) is 0 Å². The van der Waals surface area contributed by atoms with E-state index in [1.54, 1.807) is 0 Å². The molecule has 0 atom stereocenters. The number of aromatic nitrogens is 4. The van der Waals surface area contributed by atoms with E-state index in [4.69, 9.17) is 9.97 Å². The number of para-hydroxylation sites is 4. The number of rotatable bonds is 8. The van der Waals surface area contributed by atoms with Crippen LogP contribution in [0.1, 0.15) is 50.7 Å². The van der Waals surface area contributed by atoms with Gasteiger partial charge in [-0.15, -0.1) is 0 Å². The molecule has 7 rings (SSSR count). The first kappa shape index (κ1) is 28.7. The second-order valence-electron chi connectivity index (χ2n) is 12.1. The average molecular weight is 601 g/mol. The van der Waals surface area contributed by atoms with E-state index >= 15 is 0 Å². The van der Waals surface area contributed by atoms with Crippen molar-refractivity contribution in [3.63, 3.8) is 0 Å². The van der Waals surface area contributed by atoms with Crippen LogP contribution in [0.3, 0.4) is 0 Å². The highest BCUT2D eigenvalue weighted by Gasteiger charge is 2.19. The second kappa shape index (κ2) is 12.2. The molecule has 4 nitrogen and oxygen atoms in total. The first-order chi connectivity index (χ1) is 22.0. The smallest absolute Gasteiger partial charge is 0.145 e. The Hall–Kier alpha value is -5.00. The molecule has 220 valence electrons. The normalized spacial score (nSPS) is 11.6. The van der Waals surface area contributed by atoms with Crippen molar-refractivity contribution >= 4 is 30.9 Å². The summed E-state index contributed by atoms with van der Waals surface area (Å²) in [7, 11) is 0.498. The van der Waals surface area contributed by atoms with Crippen LogP contribution < -0.4 is 10.4 Å². The Morgan fingerprint density at radius 2 is 1.20 bits per heavy atom. The van der Waals surface area contributed by atoms with E-state index in [0.717, 1.165) is 39.5 Å². The molecule has 0 N–H and O–H groups in total. The number of hydrogen-bond acceptors (Lipinski definition) is 2. The molecule has 5 heteroatoms. The monoisotopic (exact) mass is 600 g/mol. The van der Waals surface area contributed by atoms with Crippen molar-refractivity contribution in [2.45, 2.75) is 39.5 Å². The topological polar surface area (TPSA) is 35.6 Å². The van der Waals surface area contributed by atoms with Crippen LogP contribution >= 0.6 is 0 Å². The maximum atomic E-state index is 5.09. The molecule has 0 saturated heterocycles. The minimum Gasteiger partial charge on any atom is -0.299 e. The highest BCUT2D eigenvalue weighted by Crippen LogP contribution is 2.34. The number of imidazole rings is 2. The Morgan fingerprint density at radius 1 is 0.600 bits per heavy atom. The van der Waals surface area contributed by atoms with Crippen LogP contribution in [0.4, 0.5) is 0 Å². The predicted molar refractivity (Wildman–Crippen MR) is 189 cm³/mol. The Kier molecular flexibility index (Phi) is 7.78. The zero-order chi connectivity index (χ0) is 30.9. The van der Waals surface area contributed by atoms with Gasteiger partial charge in [-0.3, -0.25) is 9.13 Å². The Balaban J connectivity index is 1.25. The fourth-order valence-electron chi connectivity index (χ4n) is 6.18. The van der Waals surface area contributed by atoms with E-state index in [2.05, 4.69) is 164 Å². The average Bonchev–Trinajstić information content (AvgIpc) is 3.71. The van der Waals surface area contributed by atoms with Crippen molar-refractivity contribution in [1.82, 2.24) is 19.1 Å². The Morgan fingerprint density at radius 3 is 1.87 bits per heavy atom. The maximum absolute atomic E-state index is 5.09. The molecule has 5 aromatic carbocycles. The van der Waals surface area contributed by atoms with Crippen LogP contribution in [0.5, 0.6) is 0 Å². The van der Waals surface area contributed by atoms with Crippen LogP contribution in [0.2, 0.25) is 0 Å². The minimum absolute atomic E-state index is 0.407. The summed E-state index contributed by atoms with van der Waals surface area (Å²) in [6.07, 6.45) is 4.04. The highest BCUT2D eigenvalue weighted by molar-refractivity contribution is 6.67. The molecule has 0 bridgehead atoms. The molecule has 0 amide bonds. The molecule has 0 saturated carbocycles. The first-order valence-electron chi connectivity index (χ1n) is 15.7. The fourth-order valence-corrected chi connectivity index (χ4v) is 7.33. The number of nitrogens with zero attached hydrogens (tertiary/aromatic N) is 4. The lowest BCUT2D eigenvalue weighted by Gasteiger charge is -2.22. The van der Waals surface area contributed by atoms with Crippen LogP contribution in [-0.4, -0.2) is 28.6 Å². The van der Waals surface area contributed by atoms with Gasteiger partial charge < -0.3 is 0 Å². The van der Waals surface area contributed by atoms with Gasteiger partial charge in [0.05, 0.1) is 16.7 Å². The largest absolute Gasteiger partial charge is 0.299 e. The third-order valence-electron chi connectivity index (χ3n) is 8.33. The second-order valence-corrected chi connectivity index (χ2v) is 13.5. The Bertz CT molecular complexity index is 2080. The standard InChI is InChI=1S/C40H36N4Si/c1-27(2)34-19-12-20-35(28(3)4)38(34)43-24-23-41-39(43)29-13-10-17-32(25-29)45-33-18-11-14-30(26-33)40-42-36-21-8-9-22-37(36)44(40)31-15-6-5-7-16-31/h5-28H,1-4H3. The summed E-state index contributed by atoms with van der Waals surface area (Å²) in [5.41, 5.74) is 9.39. The molecular weight excluding hydrogens is 565 g/mol. The van der Waals surface area contributed by atoms with E-state index in [1.165, 1.54) is 27.2 Å². The van der Waals surface area contributed by atoms with E-state index in [-0.39, 0.29) is 0 Å². The third kappa shape index (κ3) is 5.56. The lowest BCUT2D eigenvalue weighted by molar-refractivity contribution is 0.807. The van der Waals surface area contributed by atoms with Crippen LogP contribution in [-0.2, 0) is 0 Å². The van der Waals surface area contributed by atoms with Crippen molar-refractivity contribution in [3.8, 4) is 34.2 Å². The molecule has 45 heavy (non-hydrogen) atoms. The molecule has 0 spiro atoms. The van der Waals surface area contributed by atoms with Gasteiger partial charge in [-0.05, 0) is 47.2 Å². The van der Waals surface area contributed by atoms with Gasteiger partial charge in [-0.1, -0.05) is 135 Å². The molecule has 0 fully saturated rings. The summed E-state index contributed by atoms with van der Waals surface area (Å²) < 4.78 is 4.56. The van der Waals surface area contributed by atoms with Crippen LogP contribution in [0.15, 0.2) is 134 Å². The predicted octanol–water partition coefficient (Wildman–Crippen LogP) is 8.45. The fraction of sp³-hybridized carbons (Fsp3) is 0.150. The molecular formula is C40H36N4Si. The molecule has 7 aromatic rings. The van der Waals surface area contributed by atoms with Gasteiger partial charge in [0, 0.05) is 29.2 Å². The molecule has 0 aliphatic heterocycles. The van der Waals surface area contributed by atoms with Gasteiger partial charge in [0.15, 0.2) is 0 Å². The van der Waals surface area contributed by atoms with Gasteiger partial charge in [-0.2, -0.15) is 0 Å².